The highest BCUT2D eigenvalue weighted by atomic mass is 79.9. The number of piperidine rings is 1. The van der Waals surface area contributed by atoms with Gasteiger partial charge in [-0.2, -0.15) is 4.98 Å². The van der Waals surface area contributed by atoms with Gasteiger partial charge < -0.3 is 29.7 Å². The topological polar surface area (TPSA) is 112 Å². The number of rotatable bonds is 9. The van der Waals surface area contributed by atoms with Crippen LogP contribution in [0.5, 0.6) is 5.75 Å². The van der Waals surface area contributed by atoms with Crippen molar-refractivity contribution in [2.45, 2.75) is 32.2 Å². The van der Waals surface area contributed by atoms with E-state index in [1.807, 2.05) is 12.1 Å². The van der Waals surface area contributed by atoms with E-state index in [1.54, 1.807) is 39.0 Å². The third-order valence-corrected chi connectivity index (χ3v) is 12.3. The number of nitrogens with one attached hydrogen (secondary N) is 2. The summed E-state index contributed by atoms with van der Waals surface area (Å²) >= 11 is 3.60. The van der Waals surface area contributed by atoms with Gasteiger partial charge in [-0.05, 0) is 91.2 Å². The van der Waals surface area contributed by atoms with E-state index < -0.39 is 7.14 Å². The van der Waals surface area contributed by atoms with Crippen LogP contribution in [0.4, 0.5) is 28.8 Å². The highest BCUT2D eigenvalue weighted by Gasteiger charge is 2.41. The van der Waals surface area contributed by atoms with Crippen LogP contribution in [-0.2, 0) is 11.0 Å². The van der Waals surface area contributed by atoms with Crippen molar-refractivity contribution in [2.75, 3.05) is 82.3 Å². The maximum atomic E-state index is 13.4. The van der Waals surface area contributed by atoms with Crippen LogP contribution in [-0.4, -0.2) is 103 Å². The Kier molecular flexibility index (Phi) is 9.36. The van der Waals surface area contributed by atoms with Crippen molar-refractivity contribution in [3.63, 3.8) is 0 Å². The summed E-state index contributed by atoms with van der Waals surface area (Å²) in [4.78, 5) is 26.1. The predicted molar refractivity (Wildman–Crippen MR) is 199 cm³/mol. The standard InChI is InChI=1S/C35H45BrN9O2P/c1-6-22-15-29(31(47-3)16-30(22)44-13-9-25(10-14-44)45-20-23-18-43(2)19-24(23)21-45)41-35-39-17-26(36)34(42-35)40-28-8-7-27-32(38-12-11-37-27)33(28)48(4,5)46/h7-8,11-12,15-17,23-25H,6,9-10,13-14,18-21H2,1-5H3,(H2,39,40,41,42). The highest BCUT2D eigenvalue weighted by molar-refractivity contribution is 9.10. The van der Waals surface area contributed by atoms with Gasteiger partial charge in [-0.1, -0.05) is 6.92 Å². The first-order valence-corrected chi connectivity index (χ1v) is 20.2. The van der Waals surface area contributed by atoms with E-state index in [-0.39, 0.29) is 0 Å². The average Bonchev–Trinajstić information content (AvgIpc) is 3.63. The molecule has 2 N–H and O–H groups in total. The molecule has 0 amide bonds. The van der Waals surface area contributed by atoms with Crippen molar-refractivity contribution in [3.8, 4) is 5.75 Å². The molecular formula is C35H45BrN9O2P. The van der Waals surface area contributed by atoms with E-state index in [4.69, 9.17) is 9.72 Å². The largest absolute Gasteiger partial charge is 0.494 e. The Balaban J connectivity index is 1.09. The molecule has 254 valence electrons. The summed E-state index contributed by atoms with van der Waals surface area (Å²) in [5.41, 5.74) is 5.29. The van der Waals surface area contributed by atoms with Crippen molar-refractivity contribution in [1.29, 1.82) is 0 Å². The van der Waals surface area contributed by atoms with Crippen molar-refractivity contribution in [1.82, 2.24) is 29.7 Å². The van der Waals surface area contributed by atoms with E-state index in [0.29, 0.717) is 44.3 Å². The summed E-state index contributed by atoms with van der Waals surface area (Å²) in [5.74, 6) is 3.39. The van der Waals surface area contributed by atoms with Crippen molar-refractivity contribution < 1.29 is 9.30 Å². The zero-order valence-corrected chi connectivity index (χ0v) is 30.9. The summed E-state index contributed by atoms with van der Waals surface area (Å²) in [7, 11) is 1.23. The fraction of sp³-hybridized carbons (Fsp3) is 0.486. The number of hydrogen-bond acceptors (Lipinski definition) is 11. The van der Waals surface area contributed by atoms with Gasteiger partial charge >= 0.3 is 0 Å². The van der Waals surface area contributed by atoms with Gasteiger partial charge in [-0.15, -0.1) is 0 Å². The van der Waals surface area contributed by atoms with Crippen molar-refractivity contribution in [3.05, 3.63) is 52.9 Å². The highest BCUT2D eigenvalue weighted by Crippen LogP contribution is 2.42. The molecule has 7 rings (SSSR count). The summed E-state index contributed by atoms with van der Waals surface area (Å²) < 4.78 is 20.0. The molecule has 48 heavy (non-hydrogen) atoms. The number of likely N-dealkylation sites (tertiary alicyclic amines) is 2. The van der Waals surface area contributed by atoms with Crippen LogP contribution in [0.1, 0.15) is 25.3 Å². The Labute approximate surface area is 291 Å². The first-order chi connectivity index (χ1) is 23.1. The Hall–Kier alpha value is -3.31. The smallest absolute Gasteiger partial charge is 0.229 e. The van der Waals surface area contributed by atoms with Crippen molar-refractivity contribution in [2.24, 2.45) is 11.8 Å². The molecule has 2 unspecified atom stereocenters. The van der Waals surface area contributed by atoms with E-state index in [2.05, 4.69) is 82.3 Å². The van der Waals surface area contributed by atoms with Gasteiger partial charge in [0.15, 0.2) is 0 Å². The van der Waals surface area contributed by atoms with E-state index in [9.17, 15) is 4.57 Å². The zero-order chi connectivity index (χ0) is 33.6. The van der Waals surface area contributed by atoms with E-state index in [0.717, 1.165) is 42.8 Å². The monoisotopic (exact) mass is 733 g/mol. The molecule has 3 saturated heterocycles. The van der Waals surface area contributed by atoms with E-state index >= 15 is 0 Å². The molecule has 0 spiro atoms. The number of benzene rings is 2. The normalized spacial score (nSPS) is 20.8. The van der Waals surface area contributed by atoms with Crippen LogP contribution < -0.4 is 25.6 Å². The lowest BCUT2D eigenvalue weighted by Crippen LogP contribution is -2.45. The lowest BCUT2D eigenvalue weighted by Gasteiger charge is -2.39. The summed E-state index contributed by atoms with van der Waals surface area (Å²) in [6, 6.07) is 8.76. The number of halogens is 1. The second-order valence-corrected chi connectivity index (χ2v) is 17.8. The molecule has 0 saturated carbocycles. The number of aryl methyl sites for hydroxylation is 1. The minimum Gasteiger partial charge on any atom is -0.494 e. The molecule has 0 radical (unpaired) electrons. The minimum atomic E-state index is -2.74. The number of aromatic nitrogens is 4. The third-order valence-electron chi connectivity index (χ3n) is 10.2. The first-order valence-electron chi connectivity index (χ1n) is 16.9. The molecule has 2 atom stereocenters. The molecule has 4 aromatic rings. The van der Waals surface area contributed by atoms with Gasteiger partial charge in [0.25, 0.3) is 0 Å². The third kappa shape index (κ3) is 6.64. The zero-order valence-electron chi connectivity index (χ0n) is 28.4. The SMILES string of the molecule is CCc1cc(Nc2ncc(Br)c(Nc3ccc4nccnc4c3P(C)(C)=O)n2)c(OC)cc1N1CCC(N2CC3CN(C)CC3C2)CC1. The van der Waals surface area contributed by atoms with Crippen LogP contribution in [0.25, 0.3) is 11.0 Å². The maximum Gasteiger partial charge on any atom is 0.229 e. The van der Waals surface area contributed by atoms with Gasteiger partial charge in [-0.25, -0.2) is 4.98 Å². The summed E-state index contributed by atoms with van der Waals surface area (Å²) in [6.07, 6.45) is 8.25. The van der Waals surface area contributed by atoms with Crippen LogP contribution in [0.3, 0.4) is 0 Å². The lowest BCUT2D eigenvalue weighted by atomic mass is 10.00. The first kappa shape index (κ1) is 33.2. The van der Waals surface area contributed by atoms with Gasteiger partial charge in [0.1, 0.15) is 24.2 Å². The number of anilines is 5. The van der Waals surface area contributed by atoms with Gasteiger partial charge in [0.05, 0.1) is 33.8 Å². The van der Waals surface area contributed by atoms with E-state index in [1.165, 1.54) is 50.3 Å². The molecule has 0 aliphatic carbocycles. The number of ether oxygens (including phenoxy) is 1. The number of hydrogen-bond donors (Lipinski definition) is 2. The van der Waals surface area contributed by atoms with Gasteiger partial charge in [0, 0.05) is 75.7 Å². The molecule has 3 aliphatic rings. The molecule has 3 fully saturated rings. The second-order valence-electron chi connectivity index (χ2n) is 13.8. The average molecular weight is 735 g/mol. The Morgan fingerprint density at radius 1 is 0.979 bits per heavy atom. The quantitative estimate of drug-likeness (QED) is 0.199. The number of nitrogens with zero attached hydrogens (tertiary/aromatic N) is 7. The van der Waals surface area contributed by atoms with Gasteiger partial charge in [-0.3, -0.25) is 14.9 Å². The molecular weight excluding hydrogens is 689 g/mol. The van der Waals surface area contributed by atoms with Crippen molar-refractivity contribution >= 4 is 68.2 Å². The number of fused-ring (bicyclic) bond motifs is 2. The maximum absolute atomic E-state index is 13.4. The molecule has 2 aromatic heterocycles. The molecule has 11 nitrogen and oxygen atoms in total. The summed E-state index contributed by atoms with van der Waals surface area (Å²) in [6.45, 7) is 12.8. The summed E-state index contributed by atoms with van der Waals surface area (Å²) in [5, 5.41) is 7.43. The Morgan fingerprint density at radius 2 is 1.71 bits per heavy atom. The van der Waals surface area contributed by atoms with Crippen LogP contribution >= 0.6 is 23.1 Å². The molecule has 13 heteroatoms. The fourth-order valence-corrected chi connectivity index (χ4v) is 9.61. The Morgan fingerprint density at radius 3 is 2.40 bits per heavy atom. The molecule has 5 heterocycles. The number of methoxy groups -OCH3 is 1. The van der Waals surface area contributed by atoms with Crippen LogP contribution in [0.2, 0.25) is 0 Å². The molecule has 3 aliphatic heterocycles. The minimum absolute atomic E-state index is 0.412. The van der Waals surface area contributed by atoms with Crippen LogP contribution in [0, 0.1) is 11.8 Å². The Bertz CT molecular complexity index is 1850. The second kappa shape index (κ2) is 13.5. The lowest BCUT2D eigenvalue weighted by molar-refractivity contribution is 0.184. The fourth-order valence-electron chi connectivity index (χ4n) is 7.92. The molecule has 0 bridgehead atoms. The molecule has 2 aromatic carbocycles. The predicted octanol–water partition coefficient (Wildman–Crippen LogP) is 5.95. The van der Waals surface area contributed by atoms with Crippen LogP contribution in [0.15, 0.2) is 47.3 Å². The van der Waals surface area contributed by atoms with Gasteiger partial charge in [0.2, 0.25) is 5.95 Å².